The van der Waals surface area contributed by atoms with Gasteiger partial charge in [0.05, 0.1) is 0 Å². The van der Waals surface area contributed by atoms with Gasteiger partial charge in [-0.2, -0.15) is 0 Å². The molecule has 0 saturated carbocycles. The van der Waals surface area contributed by atoms with Crippen molar-refractivity contribution in [1.82, 2.24) is 15.1 Å². The quantitative estimate of drug-likeness (QED) is 0.849. The second-order valence-electron chi connectivity index (χ2n) is 8.18. The first-order chi connectivity index (χ1) is 10.4. The summed E-state index contributed by atoms with van der Waals surface area (Å²) in [7, 11) is 0. The van der Waals surface area contributed by atoms with Crippen molar-refractivity contribution in [2.45, 2.75) is 48.0 Å². The van der Waals surface area contributed by atoms with Crippen LogP contribution in [-0.4, -0.2) is 60.2 Å². The second kappa shape index (κ2) is 7.32. The van der Waals surface area contributed by atoms with Gasteiger partial charge in [-0.05, 0) is 0 Å². The Labute approximate surface area is 139 Å². The normalized spacial score (nSPS) is 16.3. The number of hydrogen-bond acceptors (Lipinski definition) is 3. The Kier molecular flexibility index (Phi) is 6.19. The van der Waals surface area contributed by atoms with E-state index in [4.69, 9.17) is 0 Å². The van der Waals surface area contributed by atoms with Crippen molar-refractivity contribution in [1.29, 1.82) is 0 Å². The molecule has 3 amide bonds. The van der Waals surface area contributed by atoms with Gasteiger partial charge in [-0.1, -0.05) is 41.5 Å². The molecule has 0 unspecified atom stereocenters. The highest BCUT2D eigenvalue weighted by Crippen LogP contribution is 2.18. The average molecular weight is 325 g/mol. The molecule has 6 heteroatoms. The fourth-order valence-corrected chi connectivity index (χ4v) is 2.34. The molecule has 1 aliphatic heterocycles. The fourth-order valence-electron chi connectivity index (χ4n) is 2.34. The Hall–Kier alpha value is -1.59. The molecule has 0 radical (unpaired) electrons. The lowest BCUT2D eigenvalue weighted by Crippen LogP contribution is -2.53. The van der Waals surface area contributed by atoms with Crippen LogP contribution in [0.25, 0.3) is 0 Å². The van der Waals surface area contributed by atoms with E-state index in [1.54, 1.807) is 4.90 Å². The zero-order valence-electron chi connectivity index (χ0n) is 15.4. The van der Waals surface area contributed by atoms with Crippen LogP contribution < -0.4 is 5.32 Å². The lowest BCUT2D eigenvalue weighted by Gasteiger charge is -2.37. The number of hydrogen-bond donors (Lipinski definition) is 1. The van der Waals surface area contributed by atoms with Crippen LogP contribution in [-0.2, 0) is 14.4 Å². The van der Waals surface area contributed by atoms with E-state index in [-0.39, 0.29) is 23.1 Å². The van der Waals surface area contributed by atoms with E-state index >= 15 is 0 Å². The van der Waals surface area contributed by atoms with Gasteiger partial charge in [-0.25, -0.2) is 0 Å². The molecule has 1 heterocycles. The monoisotopic (exact) mass is 325 g/mol. The molecule has 1 fully saturated rings. The van der Waals surface area contributed by atoms with Gasteiger partial charge in [-0.3, -0.25) is 14.4 Å². The summed E-state index contributed by atoms with van der Waals surface area (Å²) in [5, 5.41) is 2.79. The van der Waals surface area contributed by atoms with E-state index in [0.29, 0.717) is 39.1 Å². The Balaban J connectivity index is 2.36. The first kappa shape index (κ1) is 19.5. The molecule has 0 atom stereocenters. The molecule has 0 aliphatic carbocycles. The van der Waals surface area contributed by atoms with Crippen LogP contribution in [0.4, 0.5) is 0 Å². The van der Waals surface area contributed by atoms with Gasteiger partial charge in [0.1, 0.15) is 0 Å². The molecule has 0 aromatic heterocycles. The number of piperazine rings is 1. The second-order valence-corrected chi connectivity index (χ2v) is 8.18. The zero-order chi connectivity index (χ0) is 17.8. The third kappa shape index (κ3) is 5.84. The van der Waals surface area contributed by atoms with Gasteiger partial charge in [-0.15, -0.1) is 0 Å². The first-order valence-corrected chi connectivity index (χ1v) is 8.28. The lowest BCUT2D eigenvalue weighted by atomic mass is 9.94. The molecule has 6 nitrogen and oxygen atoms in total. The highest BCUT2D eigenvalue weighted by Gasteiger charge is 2.30. The Morgan fingerprint density at radius 2 is 1.30 bits per heavy atom. The minimum atomic E-state index is -0.442. The standard InChI is InChI=1S/C17H31N3O3/c1-16(2,3)14(22)18-8-7-13(21)19-9-11-20(12-10-19)15(23)17(4,5)6/h7-12H2,1-6H3,(H,18,22). The van der Waals surface area contributed by atoms with Crippen molar-refractivity contribution >= 4 is 17.7 Å². The van der Waals surface area contributed by atoms with Crippen LogP contribution in [0.2, 0.25) is 0 Å². The predicted molar refractivity (Wildman–Crippen MR) is 89.7 cm³/mol. The molecule has 0 spiro atoms. The summed E-state index contributed by atoms with van der Waals surface area (Å²) in [6.45, 7) is 13.9. The van der Waals surface area contributed by atoms with Gasteiger partial charge >= 0.3 is 0 Å². The molecule has 0 aromatic carbocycles. The van der Waals surface area contributed by atoms with Crippen LogP contribution in [0.15, 0.2) is 0 Å². The molecule has 1 N–H and O–H groups in total. The topological polar surface area (TPSA) is 69.7 Å². The zero-order valence-corrected chi connectivity index (χ0v) is 15.4. The minimum absolute atomic E-state index is 0.0297. The molecular formula is C17H31N3O3. The minimum Gasteiger partial charge on any atom is -0.355 e. The highest BCUT2D eigenvalue weighted by atomic mass is 16.2. The molecule has 1 saturated heterocycles. The third-order valence-corrected chi connectivity index (χ3v) is 3.87. The maximum atomic E-state index is 12.2. The maximum Gasteiger partial charge on any atom is 0.228 e. The summed E-state index contributed by atoms with van der Waals surface area (Å²) >= 11 is 0. The number of carbonyl (C=O) groups is 3. The summed E-state index contributed by atoms with van der Waals surface area (Å²) in [6, 6.07) is 0. The summed E-state index contributed by atoms with van der Waals surface area (Å²) in [4.78, 5) is 39.7. The van der Waals surface area contributed by atoms with Crippen LogP contribution in [0.5, 0.6) is 0 Å². The van der Waals surface area contributed by atoms with Crippen LogP contribution in [0, 0.1) is 10.8 Å². The van der Waals surface area contributed by atoms with E-state index in [1.165, 1.54) is 0 Å². The maximum absolute atomic E-state index is 12.2. The molecular weight excluding hydrogens is 294 g/mol. The lowest BCUT2D eigenvalue weighted by molar-refractivity contribution is -0.145. The summed E-state index contributed by atoms with van der Waals surface area (Å²) in [6.07, 6.45) is 0.301. The molecule has 0 aromatic rings. The number of amides is 3. The van der Waals surface area contributed by atoms with Crippen LogP contribution in [0.3, 0.4) is 0 Å². The highest BCUT2D eigenvalue weighted by molar-refractivity contribution is 5.83. The SMILES string of the molecule is CC(C)(C)C(=O)NCCC(=O)N1CCN(C(=O)C(C)(C)C)CC1. The molecule has 132 valence electrons. The Morgan fingerprint density at radius 1 is 0.826 bits per heavy atom. The summed E-state index contributed by atoms with van der Waals surface area (Å²) in [5.41, 5.74) is -0.828. The van der Waals surface area contributed by atoms with Crippen molar-refractivity contribution in [3.05, 3.63) is 0 Å². The smallest absolute Gasteiger partial charge is 0.228 e. The first-order valence-electron chi connectivity index (χ1n) is 8.28. The summed E-state index contributed by atoms with van der Waals surface area (Å²) in [5.74, 6) is 0.106. The van der Waals surface area contributed by atoms with Gasteiger partial charge in [0.15, 0.2) is 0 Å². The molecule has 1 rings (SSSR count). The van der Waals surface area contributed by atoms with Crippen molar-refractivity contribution in [3.8, 4) is 0 Å². The van der Waals surface area contributed by atoms with E-state index in [2.05, 4.69) is 5.32 Å². The van der Waals surface area contributed by atoms with E-state index < -0.39 is 5.41 Å². The van der Waals surface area contributed by atoms with Crippen molar-refractivity contribution in [2.75, 3.05) is 32.7 Å². The van der Waals surface area contributed by atoms with Crippen molar-refractivity contribution in [2.24, 2.45) is 10.8 Å². The van der Waals surface area contributed by atoms with E-state index in [9.17, 15) is 14.4 Å². The van der Waals surface area contributed by atoms with Crippen molar-refractivity contribution < 1.29 is 14.4 Å². The number of nitrogens with zero attached hydrogens (tertiary/aromatic N) is 2. The largest absolute Gasteiger partial charge is 0.355 e. The van der Waals surface area contributed by atoms with E-state index in [0.717, 1.165) is 0 Å². The number of rotatable bonds is 3. The molecule has 23 heavy (non-hydrogen) atoms. The molecule has 1 aliphatic rings. The predicted octanol–water partition coefficient (Wildman–Crippen LogP) is 1.26. The van der Waals surface area contributed by atoms with Gasteiger partial charge in [0.25, 0.3) is 0 Å². The Bertz CT molecular complexity index is 453. The van der Waals surface area contributed by atoms with Crippen LogP contribution in [0.1, 0.15) is 48.0 Å². The fraction of sp³-hybridized carbons (Fsp3) is 0.824. The Morgan fingerprint density at radius 3 is 1.74 bits per heavy atom. The van der Waals surface area contributed by atoms with E-state index in [1.807, 2.05) is 46.4 Å². The average Bonchev–Trinajstić information content (AvgIpc) is 2.44. The third-order valence-electron chi connectivity index (χ3n) is 3.87. The summed E-state index contributed by atoms with van der Waals surface area (Å²) < 4.78 is 0. The van der Waals surface area contributed by atoms with Crippen LogP contribution >= 0.6 is 0 Å². The number of carbonyl (C=O) groups excluding carboxylic acids is 3. The number of nitrogens with one attached hydrogen (secondary N) is 1. The van der Waals surface area contributed by atoms with Crippen molar-refractivity contribution in [3.63, 3.8) is 0 Å². The van der Waals surface area contributed by atoms with Gasteiger partial charge in [0, 0.05) is 50.0 Å². The molecule has 0 bridgehead atoms. The van der Waals surface area contributed by atoms with Gasteiger partial charge < -0.3 is 15.1 Å². The van der Waals surface area contributed by atoms with Gasteiger partial charge in [0.2, 0.25) is 17.7 Å².